The molecular formula is C16H19ClFN3. The number of nitrogen functional groups attached to an aromatic ring is 1. The predicted octanol–water partition coefficient (Wildman–Crippen LogP) is 4.56. The largest absolute Gasteiger partial charge is 0.383 e. The van der Waals surface area contributed by atoms with E-state index in [4.69, 9.17) is 17.3 Å². The van der Waals surface area contributed by atoms with Crippen LogP contribution < -0.4 is 5.73 Å². The Morgan fingerprint density at radius 1 is 1.33 bits per heavy atom. The third-order valence-electron chi connectivity index (χ3n) is 3.73. The van der Waals surface area contributed by atoms with E-state index in [2.05, 4.69) is 30.3 Å². The van der Waals surface area contributed by atoms with E-state index >= 15 is 0 Å². The van der Waals surface area contributed by atoms with Gasteiger partial charge in [-0.05, 0) is 25.0 Å². The monoisotopic (exact) mass is 307 g/mol. The average Bonchev–Trinajstić information content (AvgIpc) is 3.14. The van der Waals surface area contributed by atoms with Gasteiger partial charge in [0, 0.05) is 11.5 Å². The summed E-state index contributed by atoms with van der Waals surface area (Å²) in [5.41, 5.74) is 6.87. The molecule has 5 heteroatoms. The van der Waals surface area contributed by atoms with Crippen molar-refractivity contribution in [3.63, 3.8) is 0 Å². The van der Waals surface area contributed by atoms with E-state index in [1.165, 1.54) is 6.07 Å². The van der Waals surface area contributed by atoms with E-state index in [1.807, 2.05) is 0 Å². The maximum atomic E-state index is 14.2. The molecule has 0 spiro atoms. The minimum atomic E-state index is -0.393. The summed E-state index contributed by atoms with van der Waals surface area (Å²) in [5.74, 6) is 1.00. The summed E-state index contributed by atoms with van der Waals surface area (Å²) in [5, 5.41) is 0.336. The number of rotatable bonds is 2. The number of imidazole rings is 1. The number of hydrogen-bond donors (Lipinski definition) is 1. The van der Waals surface area contributed by atoms with E-state index in [0.29, 0.717) is 28.1 Å². The minimum absolute atomic E-state index is 0.160. The molecule has 1 aliphatic carbocycles. The van der Waals surface area contributed by atoms with Crippen molar-refractivity contribution in [1.29, 1.82) is 0 Å². The van der Waals surface area contributed by atoms with Crippen LogP contribution in [0.5, 0.6) is 0 Å². The Morgan fingerprint density at radius 3 is 2.52 bits per heavy atom. The van der Waals surface area contributed by atoms with Crippen molar-refractivity contribution < 1.29 is 4.39 Å². The lowest BCUT2D eigenvalue weighted by molar-refractivity contribution is 0.504. The van der Waals surface area contributed by atoms with Gasteiger partial charge in [0.1, 0.15) is 23.2 Å². The van der Waals surface area contributed by atoms with Gasteiger partial charge in [0.2, 0.25) is 0 Å². The van der Waals surface area contributed by atoms with Crippen LogP contribution in [0.15, 0.2) is 18.2 Å². The number of hydrogen-bond acceptors (Lipinski definition) is 2. The van der Waals surface area contributed by atoms with Crippen LogP contribution in [-0.4, -0.2) is 9.55 Å². The molecule has 3 nitrogen and oxygen atoms in total. The molecule has 0 unspecified atom stereocenters. The summed E-state index contributed by atoms with van der Waals surface area (Å²) in [6, 6.07) is 5.01. The van der Waals surface area contributed by atoms with Crippen molar-refractivity contribution >= 4 is 17.4 Å². The third kappa shape index (κ3) is 2.42. The normalized spacial score (nSPS) is 15.5. The average molecular weight is 308 g/mol. The number of nitrogens with zero attached hydrogens (tertiary/aromatic N) is 2. The van der Waals surface area contributed by atoms with E-state index in [-0.39, 0.29) is 5.41 Å². The second-order valence-corrected chi connectivity index (χ2v) is 7.02. The lowest BCUT2D eigenvalue weighted by Crippen LogP contribution is -2.19. The molecule has 0 saturated heterocycles. The standard InChI is InChI=1S/C16H19ClFN3/c1-16(2,3)15-20-13(14(19)21(15)9-7-8-9)12-10(17)5-4-6-11(12)18/h4-6,9H,7-8,19H2,1-3H3. The van der Waals surface area contributed by atoms with E-state index < -0.39 is 5.82 Å². The quantitative estimate of drug-likeness (QED) is 0.884. The lowest BCUT2D eigenvalue weighted by atomic mass is 9.95. The number of benzene rings is 1. The highest BCUT2D eigenvalue weighted by molar-refractivity contribution is 6.33. The number of nitrogens with two attached hydrogens (primary N) is 1. The van der Waals surface area contributed by atoms with Gasteiger partial charge in [-0.2, -0.15) is 0 Å². The van der Waals surface area contributed by atoms with Crippen molar-refractivity contribution in [3.05, 3.63) is 34.9 Å². The maximum Gasteiger partial charge on any atom is 0.134 e. The molecule has 0 amide bonds. The van der Waals surface area contributed by atoms with Crippen LogP contribution in [0.3, 0.4) is 0 Å². The predicted molar refractivity (Wildman–Crippen MR) is 84.0 cm³/mol. The highest BCUT2D eigenvalue weighted by atomic mass is 35.5. The molecular weight excluding hydrogens is 289 g/mol. The topological polar surface area (TPSA) is 43.8 Å². The number of aromatic nitrogens is 2. The molecule has 3 rings (SSSR count). The smallest absolute Gasteiger partial charge is 0.134 e. The number of anilines is 1. The van der Waals surface area contributed by atoms with Gasteiger partial charge in [0.25, 0.3) is 0 Å². The van der Waals surface area contributed by atoms with Gasteiger partial charge in [-0.3, -0.25) is 0 Å². The molecule has 1 aliphatic rings. The maximum absolute atomic E-state index is 14.2. The van der Waals surface area contributed by atoms with Crippen molar-refractivity contribution in [2.24, 2.45) is 0 Å². The van der Waals surface area contributed by atoms with Crippen molar-refractivity contribution in [2.75, 3.05) is 5.73 Å². The van der Waals surface area contributed by atoms with Crippen molar-refractivity contribution in [3.8, 4) is 11.3 Å². The molecule has 0 atom stereocenters. The summed E-state index contributed by atoms with van der Waals surface area (Å²) in [6.45, 7) is 6.25. The molecule has 2 aromatic rings. The Kier molecular flexibility index (Phi) is 3.24. The molecule has 1 aromatic carbocycles. The molecule has 0 bridgehead atoms. The van der Waals surface area contributed by atoms with Crippen LogP contribution in [-0.2, 0) is 5.41 Å². The second-order valence-electron chi connectivity index (χ2n) is 6.62. The number of halogens is 2. The molecule has 1 heterocycles. The molecule has 1 fully saturated rings. The zero-order valence-corrected chi connectivity index (χ0v) is 13.2. The first kappa shape index (κ1) is 14.4. The lowest BCUT2D eigenvalue weighted by Gasteiger charge is -2.20. The van der Waals surface area contributed by atoms with Crippen LogP contribution in [0, 0.1) is 5.82 Å². The Labute approximate surface area is 128 Å². The molecule has 21 heavy (non-hydrogen) atoms. The summed E-state index contributed by atoms with van der Waals surface area (Å²) in [4.78, 5) is 4.65. The Hall–Kier alpha value is -1.55. The molecule has 0 aliphatic heterocycles. The van der Waals surface area contributed by atoms with Gasteiger partial charge in [-0.15, -0.1) is 0 Å². The first-order chi connectivity index (χ1) is 9.80. The van der Waals surface area contributed by atoms with E-state index in [1.54, 1.807) is 12.1 Å². The highest BCUT2D eigenvalue weighted by Crippen LogP contribution is 2.44. The van der Waals surface area contributed by atoms with Gasteiger partial charge in [-0.25, -0.2) is 9.37 Å². The Balaban J connectivity index is 2.25. The zero-order valence-electron chi connectivity index (χ0n) is 12.5. The fourth-order valence-electron chi connectivity index (χ4n) is 2.58. The van der Waals surface area contributed by atoms with Gasteiger partial charge in [0.05, 0.1) is 10.6 Å². The third-order valence-corrected chi connectivity index (χ3v) is 4.05. The van der Waals surface area contributed by atoms with Crippen LogP contribution in [0.25, 0.3) is 11.3 Å². The summed E-state index contributed by atoms with van der Waals surface area (Å²) in [7, 11) is 0. The molecule has 1 aromatic heterocycles. The summed E-state index contributed by atoms with van der Waals surface area (Å²) < 4.78 is 16.2. The van der Waals surface area contributed by atoms with E-state index in [0.717, 1.165) is 18.7 Å². The van der Waals surface area contributed by atoms with Gasteiger partial charge >= 0.3 is 0 Å². The van der Waals surface area contributed by atoms with Crippen LogP contribution >= 0.6 is 11.6 Å². The molecule has 112 valence electrons. The van der Waals surface area contributed by atoms with Crippen LogP contribution in [0.2, 0.25) is 5.02 Å². The first-order valence-corrected chi connectivity index (χ1v) is 7.51. The summed E-state index contributed by atoms with van der Waals surface area (Å²) >= 11 is 6.16. The van der Waals surface area contributed by atoms with Gasteiger partial charge in [0.15, 0.2) is 0 Å². The molecule has 2 N–H and O–H groups in total. The van der Waals surface area contributed by atoms with Gasteiger partial charge < -0.3 is 10.3 Å². The van der Waals surface area contributed by atoms with E-state index in [9.17, 15) is 4.39 Å². The minimum Gasteiger partial charge on any atom is -0.383 e. The fourth-order valence-corrected chi connectivity index (χ4v) is 2.84. The SMILES string of the molecule is CC(C)(C)c1nc(-c2c(F)cccc2Cl)c(N)n1C1CC1. The van der Waals surface area contributed by atoms with Crippen molar-refractivity contribution in [1.82, 2.24) is 9.55 Å². The second kappa shape index (κ2) is 4.73. The van der Waals surface area contributed by atoms with Crippen molar-refractivity contribution in [2.45, 2.75) is 45.1 Å². The molecule has 1 saturated carbocycles. The molecule has 0 radical (unpaired) electrons. The first-order valence-electron chi connectivity index (χ1n) is 7.13. The van der Waals surface area contributed by atoms with Crippen LogP contribution in [0.4, 0.5) is 10.2 Å². The van der Waals surface area contributed by atoms with Crippen LogP contribution in [0.1, 0.15) is 45.5 Å². The zero-order chi connectivity index (χ0) is 15.4. The highest BCUT2D eigenvalue weighted by Gasteiger charge is 2.34. The fraction of sp³-hybridized carbons (Fsp3) is 0.438. The summed E-state index contributed by atoms with van der Waals surface area (Å²) in [6.07, 6.45) is 2.18. The Morgan fingerprint density at radius 2 is 2.00 bits per heavy atom. The van der Waals surface area contributed by atoms with Gasteiger partial charge in [-0.1, -0.05) is 38.4 Å². The Bertz CT molecular complexity index is 676.